The van der Waals surface area contributed by atoms with Crippen LogP contribution in [-0.4, -0.2) is 124 Å². The summed E-state index contributed by atoms with van der Waals surface area (Å²) in [5, 5.41) is 42.0. The summed E-state index contributed by atoms with van der Waals surface area (Å²) in [6, 6.07) is 0. The van der Waals surface area contributed by atoms with Gasteiger partial charge in [-0.2, -0.15) is 17.9 Å². The summed E-state index contributed by atoms with van der Waals surface area (Å²) in [7, 11) is -22.7. The molecule has 31 nitrogen and oxygen atoms in total. The number of rotatable bonds is 14. The van der Waals surface area contributed by atoms with E-state index < -0.39 is 105 Å². The summed E-state index contributed by atoms with van der Waals surface area (Å²) in [5.74, 6) is -0.648. The maximum absolute atomic E-state index is 12.5. The van der Waals surface area contributed by atoms with Crippen molar-refractivity contribution in [3.05, 3.63) is 33.4 Å². The average Bonchev–Trinajstić information content (AvgIpc) is 3.77. The first kappa shape index (κ1) is 42.2. The molecule has 0 bridgehead atoms. The number of nitrogen functional groups attached to an aromatic ring is 2. The van der Waals surface area contributed by atoms with Gasteiger partial charge < -0.3 is 60.9 Å². The number of hydrogen-bond donors (Lipinski definition) is 12. The van der Waals surface area contributed by atoms with E-state index in [1.165, 1.54) is 17.9 Å². The fourth-order valence-electron chi connectivity index (χ4n) is 5.58. The molecule has 35 heteroatoms. The van der Waals surface area contributed by atoms with Gasteiger partial charge in [0.05, 0.1) is 26.6 Å². The number of hydrogen-bond acceptors (Lipinski definition) is 22. The molecule has 310 valence electrons. The second kappa shape index (κ2) is 15.1. The molecule has 6 heterocycles. The van der Waals surface area contributed by atoms with Crippen molar-refractivity contribution in [2.24, 2.45) is 7.05 Å². The Morgan fingerprint density at radius 3 is 1.91 bits per heavy atom. The minimum atomic E-state index is -6.25. The van der Waals surface area contributed by atoms with Crippen molar-refractivity contribution in [2.75, 3.05) is 24.7 Å². The van der Waals surface area contributed by atoms with Gasteiger partial charge in [0.15, 0.2) is 23.7 Å². The predicted octanol–water partition coefficient (Wildman–Crippen LogP) is -4.43. The van der Waals surface area contributed by atoms with E-state index in [0.29, 0.717) is 0 Å². The number of phosphoric ester groups is 2. The van der Waals surface area contributed by atoms with E-state index in [4.69, 9.17) is 20.9 Å². The Labute approximate surface area is 308 Å². The normalized spacial score (nSPS) is 29.9. The van der Waals surface area contributed by atoms with Gasteiger partial charge in [-0.05, 0) is 0 Å². The Hall–Kier alpha value is -3.38. The topological polar surface area (TPSA) is 465 Å². The van der Waals surface area contributed by atoms with Gasteiger partial charge in [0.1, 0.15) is 36.6 Å². The number of nitrogens with one attached hydrogen (secondary N) is 2. The van der Waals surface area contributed by atoms with Crippen LogP contribution in [0.2, 0.25) is 0 Å². The van der Waals surface area contributed by atoms with Crippen LogP contribution in [0.1, 0.15) is 12.5 Å². The van der Waals surface area contributed by atoms with Crippen LogP contribution in [0.25, 0.3) is 22.3 Å². The highest BCUT2D eigenvalue weighted by atomic mass is 31.3. The number of H-pyrrole nitrogens is 2. The van der Waals surface area contributed by atoms with Gasteiger partial charge in [-0.15, -0.1) is 0 Å². The fourth-order valence-corrected chi connectivity index (χ4v) is 10.5. The molecule has 2 fully saturated rings. The first-order chi connectivity index (χ1) is 25.9. The van der Waals surface area contributed by atoms with Crippen molar-refractivity contribution >= 4 is 65.5 Å². The van der Waals surface area contributed by atoms with Crippen molar-refractivity contribution in [2.45, 2.75) is 49.1 Å². The number of phosphoric acid groups is 4. The predicted molar refractivity (Wildman–Crippen MR) is 175 cm³/mol. The molecule has 0 aromatic carbocycles. The molecule has 2 saturated heterocycles. The van der Waals surface area contributed by atoms with Crippen LogP contribution in [0.3, 0.4) is 0 Å². The van der Waals surface area contributed by atoms with Gasteiger partial charge in [-0.25, -0.2) is 27.8 Å². The molecule has 56 heavy (non-hydrogen) atoms. The number of nitrogens with zero attached hydrogens (tertiary/aromatic N) is 6. The van der Waals surface area contributed by atoms with Crippen LogP contribution >= 0.6 is 31.3 Å². The van der Waals surface area contributed by atoms with E-state index in [2.05, 4.69) is 46.9 Å². The molecule has 12 atom stereocenters. The van der Waals surface area contributed by atoms with E-state index >= 15 is 0 Å². The number of aryl methyl sites for hydroxylation is 1. The summed E-state index contributed by atoms with van der Waals surface area (Å²) in [6.45, 7) is -2.34. The summed E-state index contributed by atoms with van der Waals surface area (Å²) in [5.41, 5.74) is 9.15. The molecule has 14 N–H and O–H groups in total. The van der Waals surface area contributed by atoms with Crippen molar-refractivity contribution in [3.63, 3.8) is 0 Å². The van der Waals surface area contributed by atoms with Crippen LogP contribution < -0.4 is 27.2 Å². The first-order valence-corrected chi connectivity index (χ1v) is 21.1. The van der Waals surface area contributed by atoms with E-state index in [1.807, 2.05) is 0 Å². The maximum Gasteiger partial charge on any atom is 0.490 e. The number of aliphatic hydroxyl groups excluding tert-OH is 4. The summed E-state index contributed by atoms with van der Waals surface area (Å²) in [4.78, 5) is 80.2. The number of imidazole rings is 2. The highest BCUT2D eigenvalue weighted by molar-refractivity contribution is 7.69. The minimum Gasteiger partial charge on any atom is -0.387 e. The molecule has 0 spiro atoms. The quantitative estimate of drug-likeness (QED) is 0.0420. The zero-order chi connectivity index (χ0) is 41.3. The van der Waals surface area contributed by atoms with E-state index in [0.717, 1.165) is 15.5 Å². The number of ether oxygens (including phenoxy) is 2. The summed E-state index contributed by atoms with van der Waals surface area (Å²) in [6.07, 6.45) is -11.5. The van der Waals surface area contributed by atoms with Gasteiger partial charge in [0.2, 0.25) is 17.7 Å². The van der Waals surface area contributed by atoms with E-state index in [-0.39, 0.29) is 34.2 Å². The number of aliphatic hydroxyl groups is 4. The maximum atomic E-state index is 12.5. The fraction of sp³-hybridized carbons (Fsp3) is 0.524. The second-order valence-electron chi connectivity index (χ2n) is 11.8. The number of nitrogens with two attached hydrogens (primary N) is 2. The molecule has 0 radical (unpaired) electrons. The number of aromatic amines is 2. The molecule has 0 amide bonds. The lowest BCUT2D eigenvalue weighted by molar-refractivity contribution is -0.745. The minimum absolute atomic E-state index is 0.0226. The third-order valence-corrected chi connectivity index (χ3v) is 13.8. The number of aromatic nitrogens is 8. The molecule has 0 saturated carbocycles. The molecular formula is C21H31N10O21P4+. The molecule has 2 aliphatic rings. The first-order valence-electron chi connectivity index (χ1n) is 15.1. The van der Waals surface area contributed by atoms with Gasteiger partial charge in [-0.3, -0.25) is 37.7 Å². The van der Waals surface area contributed by atoms with E-state index in [1.54, 1.807) is 0 Å². The van der Waals surface area contributed by atoms with Crippen LogP contribution in [0.5, 0.6) is 0 Å². The van der Waals surface area contributed by atoms with Gasteiger partial charge in [-0.1, -0.05) is 4.98 Å². The van der Waals surface area contributed by atoms with Crippen LogP contribution in [0, 0.1) is 0 Å². The lowest BCUT2D eigenvalue weighted by Gasteiger charge is -2.21. The molecule has 0 aliphatic carbocycles. The number of anilines is 2. The molecule has 4 aromatic rings. The summed E-state index contributed by atoms with van der Waals surface area (Å²) >= 11 is 0. The summed E-state index contributed by atoms with van der Waals surface area (Å²) < 4.78 is 84.6. The molecule has 4 unspecified atom stereocenters. The Morgan fingerprint density at radius 2 is 1.30 bits per heavy atom. The lowest BCUT2D eigenvalue weighted by atomic mass is 10.1. The van der Waals surface area contributed by atoms with Crippen LogP contribution in [0.4, 0.5) is 11.9 Å². The van der Waals surface area contributed by atoms with Crippen LogP contribution in [-0.2, 0) is 56.8 Å². The number of fused-ring (bicyclic) bond motifs is 2. The Bertz CT molecular complexity index is 2470. The third-order valence-electron chi connectivity index (χ3n) is 7.89. The molecule has 2 aliphatic heterocycles. The third kappa shape index (κ3) is 8.71. The Balaban J connectivity index is 1.03. The average molecular weight is 883 g/mol. The SMILES string of the molecule is Cn1c[n+]([C@@H]2O[C@H](COP(=O)(O)OP(=O)(O)OP(=O)(O)OP(=O)(O)OC[C@H]3O[C@@H](n4cnc5c(=O)[nH]c(N)nc54)[C@H](O)[C@@H]3O)[C@@H](O)[C@H]2O)c2nc(N)[nH]c(=O)c21. The van der Waals surface area contributed by atoms with Crippen molar-refractivity contribution in [3.8, 4) is 0 Å². The van der Waals surface area contributed by atoms with Crippen LogP contribution in [0.15, 0.2) is 22.2 Å². The lowest BCUT2D eigenvalue weighted by Crippen LogP contribution is -2.46. The zero-order valence-electron chi connectivity index (χ0n) is 27.7. The van der Waals surface area contributed by atoms with Crippen molar-refractivity contribution < 1.29 is 94.3 Å². The van der Waals surface area contributed by atoms with E-state index in [9.17, 15) is 67.8 Å². The van der Waals surface area contributed by atoms with Gasteiger partial charge in [0.25, 0.3) is 17.1 Å². The highest BCUT2D eigenvalue weighted by Gasteiger charge is 2.51. The second-order valence-corrected chi connectivity index (χ2v) is 18.1. The highest BCUT2D eigenvalue weighted by Crippen LogP contribution is 2.71. The standard InChI is InChI=1S/C21H30N10O21P4/c1-29-5-31(15-9(29)17(37)28-21(23)26-15)19-13(35)11(33)7(49-19)3-47-54(40,41)51-56(44,45)52-55(42,43)50-53(38,39)46-2-6-10(32)12(34)18(48-6)30-4-24-8-14(30)25-20(22)27-16(8)36/h4-7,10-13,18-19,32-35H,2-3H2,1H3,(H9-,22,23,25,26,27,28,36,37,38,39,40,41,42,43,44,45)/p+1/t6-,7-,10-,11-,12-,13-,18-,19-/m1/s1. The van der Waals surface area contributed by atoms with Gasteiger partial charge in [0, 0.05) is 0 Å². The van der Waals surface area contributed by atoms with Crippen molar-refractivity contribution in [1.29, 1.82) is 0 Å². The monoisotopic (exact) mass is 883 g/mol. The largest absolute Gasteiger partial charge is 0.490 e. The van der Waals surface area contributed by atoms with Crippen molar-refractivity contribution in [1.82, 2.24) is 34.1 Å². The molecular weight excluding hydrogens is 852 g/mol. The molecule has 4 aromatic heterocycles. The van der Waals surface area contributed by atoms with Gasteiger partial charge >= 0.3 is 36.9 Å². The Morgan fingerprint density at radius 1 is 0.786 bits per heavy atom. The smallest absolute Gasteiger partial charge is 0.387 e. The zero-order valence-corrected chi connectivity index (χ0v) is 31.3. The Kier molecular flexibility index (Phi) is 11.4. The molecule has 6 rings (SSSR count).